The highest BCUT2D eigenvalue weighted by molar-refractivity contribution is 6.30. The molecule has 0 unspecified atom stereocenters. The molecule has 3 fully saturated rings. The number of carbonyl (C=O) groups is 9. The summed E-state index contributed by atoms with van der Waals surface area (Å²) < 4.78 is 0. The first-order chi connectivity index (χ1) is 59.7. The van der Waals surface area contributed by atoms with E-state index < -0.39 is 29.9 Å². The van der Waals surface area contributed by atoms with Crippen molar-refractivity contribution in [2.45, 2.75) is 126 Å². The molecule has 0 aromatic heterocycles. The van der Waals surface area contributed by atoms with E-state index >= 15 is 0 Å². The van der Waals surface area contributed by atoms with Gasteiger partial charge in [0.15, 0.2) is 0 Å². The molecular weight excluding hydrogens is 1560 g/mol. The van der Waals surface area contributed by atoms with Crippen LogP contribution < -0.4 is 48.7 Å². The molecule has 0 saturated carbocycles. The Morgan fingerprint density at radius 1 is 0.415 bits per heavy atom. The highest BCUT2D eigenvalue weighted by Gasteiger charge is 2.37. The van der Waals surface area contributed by atoms with Crippen molar-refractivity contribution in [3.63, 3.8) is 0 Å². The van der Waals surface area contributed by atoms with E-state index in [-0.39, 0.29) is 90.1 Å². The van der Waals surface area contributed by atoms with Crippen molar-refractivity contribution in [1.29, 1.82) is 0 Å². The Hall–Kier alpha value is -12.7. The van der Waals surface area contributed by atoms with Gasteiger partial charge >= 0.3 is 0 Å². The first-order valence-electron chi connectivity index (χ1n) is 42.5. The van der Waals surface area contributed by atoms with Crippen LogP contribution in [-0.2, 0) is 38.4 Å². The quantitative estimate of drug-likeness (QED) is 0.0137. The van der Waals surface area contributed by atoms with Crippen LogP contribution in [0, 0.1) is 6.92 Å². The predicted molar refractivity (Wildman–Crippen MR) is 488 cm³/mol. The molecule has 11 N–H and O–H groups in total. The van der Waals surface area contributed by atoms with Crippen LogP contribution in [0.4, 0.5) is 0 Å². The van der Waals surface area contributed by atoms with Crippen LogP contribution in [0.25, 0.3) is 22.9 Å². The maximum atomic E-state index is 13.9. The van der Waals surface area contributed by atoms with Crippen molar-refractivity contribution in [2.24, 2.45) is 11.5 Å². The first kappa shape index (κ1) is 91.1. The molecule has 22 heteroatoms. The van der Waals surface area contributed by atoms with Crippen LogP contribution in [0.5, 0.6) is 0 Å². The van der Waals surface area contributed by atoms with Crippen molar-refractivity contribution in [3.8, 4) is 0 Å². The Balaban J connectivity index is 0.000000180. The number of nitrogens with one attached hydrogen (secondary N) is 7. The molecule has 10 aromatic rings. The van der Waals surface area contributed by atoms with Gasteiger partial charge in [-0.25, -0.2) is 0 Å². The summed E-state index contributed by atoms with van der Waals surface area (Å²) in [6, 6.07) is 88.2. The SMILES string of the molecule is CC(=O)NCCC[C@@H]1N[C@H](CNC(=O)/C=C/c2ccc(C)cc2)CCN(CC(c2ccccc2)c2ccccc2)C1=O.NC(=O)CC[C@@H]1N[C@H](CNC(=O)/C=C/c2ccc(Cl)cc2)CCN(CC(c2ccccc2)c2ccccc2)C1=O.NC(=O)CC[C@@H]1N[C@H](CNC(=O)c2ccc3ccccc3c2)CCN(CC(c2ccccc2)c2ccccc2)C1=O. The summed E-state index contributed by atoms with van der Waals surface area (Å²) >= 11 is 5.92. The second-order valence-corrected chi connectivity index (χ2v) is 32.1. The van der Waals surface area contributed by atoms with Gasteiger partial charge in [-0.1, -0.05) is 266 Å². The highest BCUT2D eigenvalue weighted by atomic mass is 35.5. The predicted octanol–water partition coefficient (Wildman–Crippen LogP) is 12.8. The van der Waals surface area contributed by atoms with Gasteiger partial charge in [-0.15, -0.1) is 0 Å². The lowest BCUT2D eigenvalue weighted by Crippen LogP contribution is -2.49. The van der Waals surface area contributed by atoms with Crippen LogP contribution in [-0.4, -0.2) is 170 Å². The van der Waals surface area contributed by atoms with E-state index in [1.54, 1.807) is 30.4 Å². The molecule has 0 bridgehead atoms. The number of aryl methyl sites for hydroxylation is 1. The molecule has 0 radical (unpaired) electrons. The second kappa shape index (κ2) is 47.5. The fourth-order valence-electron chi connectivity index (χ4n) is 15.8. The van der Waals surface area contributed by atoms with Gasteiger partial charge in [0.1, 0.15) is 0 Å². The fraction of sp³-hybridized carbons (Fsp3) is 0.297. The molecule has 6 atom stereocenters. The number of hydrogen-bond acceptors (Lipinski definition) is 12. The van der Waals surface area contributed by atoms with Gasteiger partial charge in [-0.3, -0.25) is 43.2 Å². The third-order valence-corrected chi connectivity index (χ3v) is 22.8. The van der Waals surface area contributed by atoms with Crippen molar-refractivity contribution in [2.75, 3.05) is 65.4 Å². The molecule has 0 aliphatic carbocycles. The minimum atomic E-state index is -0.575. The van der Waals surface area contributed by atoms with E-state index in [1.807, 2.05) is 210 Å². The van der Waals surface area contributed by atoms with Gasteiger partial charge in [0.2, 0.25) is 47.3 Å². The lowest BCUT2D eigenvalue weighted by atomic mass is 9.90. The van der Waals surface area contributed by atoms with E-state index in [4.69, 9.17) is 23.1 Å². The number of amides is 9. The third kappa shape index (κ3) is 29.0. The Kier molecular flexibility index (Phi) is 35.2. The number of fused-ring (bicyclic) bond motifs is 1. The van der Waals surface area contributed by atoms with Gasteiger partial charge in [0, 0.05) is 144 Å². The molecule has 638 valence electrons. The zero-order valence-electron chi connectivity index (χ0n) is 70.0. The molecule has 0 spiro atoms. The van der Waals surface area contributed by atoms with Gasteiger partial charge in [-0.05, 0) is 144 Å². The number of benzene rings is 10. The normalized spacial score (nSPS) is 17.4. The zero-order chi connectivity index (χ0) is 86.7. The summed E-state index contributed by atoms with van der Waals surface area (Å²) in [6.45, 7) is 8.39. The van der Waals surface area contributed by atoms with Gasteiger partial charge in [0.05, 0.1) is 18.1 Å². The molecule has 10 aromatic carbocycles. The van der Waals surface area contributed by atoms with E-state index in [2.05, 4.69) is 110 Å². The number of carbonyl (C=O) groups excluding carboxylic acids is 9. The molecule has 123 heavy (non-hydrogen) atoms. The summed E-state index contributed by atoms with van der Waals surface area (Å²) in [7, 11) is 0. The van der Waals surface area contributed by atoms with E-state index in [1.165, 1.54) is 29.7 Å². The van der Waals surface area contributed by atoms with E-state index in [0.717, 1.165) is 44.2 Å². The van der Waals surface area contributed by atoms with Gasteiger partial charge in [0.25, 0.3) is 5.91 Å². The van der Waals surface area contributed by atoms with Crippen molar-refractivity contribution in [3.05, 3.63) is 346 Å². The molecular formula is C101H113ClN12O9. The summed E-state index contributed by atoms with van der Waals surface area (Å²) in [4.78, 5) is 120. The molecule has 9 amide bonds. The maximum absolute atomic E-state index is 13.9. The van der Waals surface area contributed by atoms with Crippen LogP contribution in [0.3, 0.4) is 0 Å². The van der Waals surface area contributed by atoms with E-state index in [0.29, 0.717) is 121 Å². The number of nitrogens with zero attached hydrogens (tertiary/aromatic N) is 3. The van der Waals surface area contributed by atoms with Crippen molar-refractivity contribution < 1.29 is 43.2 Å². The van der Waals surface area contributed by atoms with Crippen molar-refractivity contribution >= 4 is 87.7 Å². The lowest BCUT2D eigenvalue weighted by Gasteiger charge is -2.29. The third-order valence-electron chi connectivity index (χ3n) is 22.6. The number of rotatable bonds is 33. The topological polar surface area (TPSA) is 300 Å². The first-order valence-corrected chi connectivity index (χ1v) is 42.9. The molecule has 3 saturated heterocycles. The lowest BCUT2D eigenvalue weighted by molar-refractivity contribution is -0.134. The maximum Gasteiger partial charge on any atom is 0.251 e. The second-order valence-electron chi connectivity index (χ2n) is 31.6. The summed E-state index contributed by atoms with van der Waals surface area (Å²) in [6.07, 6.45) is 10.7. The van der Waals surface area contributed by atoms with Crippen LogP contribution in [0.1, 0.15) is 143 Å². The minimum Gasteiger partial charge on any atom is -0.370 e. The van der Waals surface area contributed by atoms with E-state index in [9.17, 15) is 43.2 Å². The standard InChI is InChI=1S/C35H42N4O3.C34H36N4O3.C32H35ClN4O3/c1-26-15-17-28(18-16-26)19-20-34(41)37-24-31-21-23-39(35(42)33(38-31)14-9-22-36-27(2)40)25-32(29-10-5-3-6-11-29)30-12-7-4-8-13-30;35-32(39)18-17-31-34(41)38(23-30(25-10-3-1-4-11-25)26-12-5-2-6-13-26)20-19-29(37-31)22-36-33(40)28-16-15-24-9-7-8-14-27(24)21-28;33-26-14-11-23(12-15-26)13-18-31(39)35-21-27-19-20-37(32(40)29(36-27)16-17-30(34)38)22-28(24-7-3-1-4-8-24)25-9-5-2-6-10-25/h3-8,10-13,15-20,31-33,38H,9,14,21-25H2,1-2H3,(H,36,40)(H,37,41);1-16,21,29-31,37H,17-20,22-23H2,(H2,35,39)(H,36,40);1-15,18,27-29,36H,16-17,19-22H2,(H2,34,38)(H,35,39)/b20-19+;;18-13+/t31-,33-;29-,31-;27-,29-/m000/s1. The number of hydrogen-bond donors (Lipinski definition) is 9. The number of halogens is 1. The smallest absolute Gasteiger partial charge is 0.251 e. The Bertz CT molecular complexity index is 5010. The Morgan fingerprint density at radius 3 is 1.11 bits per heavy atom. The molecule has 3 heterocycles. The molecule has 3 aliphatic heterocycles. The monoisotopic (exact) mass is 1670 g/mol. The van der Waals surface area contributed by atoms with Gasteiger partial charge < -0.3 is 63.4 Å². The molecule has 3 aliphatic rings. The number of nitrogens with two attached hydrogens (primary N) is 2. The van der Waals surface area contributed by atoms with Gasteiger partial charge in [-0.2, -0.15) is 0 Å². The van der Waals surface area contributed by atoms with Crippen LogP contribution in [0.2, 0.25) is 5.02 Å². The minimum absolute atomic E-state index is 0.00213. The summed E-state index contributed by atoms with van der Waals surface area (Å²) in [5.41, 5.74) is 21.3. The zero-order valence-corrected chi connectivity index (χ0v) is 70.7. The molecule has 21 nitrogen and oxygen atoms in total. The van der Waals surface area contributed by atoms with Crippen LogP contribution >= 0.6 is 11.6 Å². The summed E-state index contributed by atoms with van der Waals surface area (Å²) in [5.74, 6) is -1.54. The van der Waals surface area contributed by atoms with Crippen LogP contribution in [0.15, 0.2) is 285 Å². The average molecular weight is 1670 g/mol. The average Bonchev–Trinajstić information content (AvgIpc) is 1.71. The van der Waals surface area contributed by atoms with Crippen molar-refractivity contribution in [1.82, 2.24) is 51.9 Å². The number of primary amides is 2. The Labute approximate surface area is 726 Å². The summed E-state index contributed by atoms with van der Waals surface area (Å²) in [5, 5.41) is 24.9. The largest absolute Gasteiger partial charge is 0.370 e. The molecule has 13 rings (SSSR count). The fourth-order valence-corrected chi connectivity index (χ4v) is 16.0. The highest BCUT2D eigenvalue weighted by Crippen LogP contribution is 2.32. The Morgan fingerprint density at radius 2 is 0.748 bits per heavy atom.